The van der Waals surface area contributed by atoms with Gasteiger partial charge in [0.2, 0.25) is 5.78 Å². The number of aromatic nitrogens is 2. The highest BCUT2D eigenvalue weighted by molar-refractivity contribution is 7.17. The van der Waals surface area contributed by atoms with Crippen LogP contribution in [-0.2, 0) is 4.79 Å². The summed E-state index contributed by atoms with van der Waals surface area (Å²) in [6.07, 6.45) is 0. The van der Waals surface area contributed by atoms with Gasteiger partial charge in [-0.25, -0.2) is 4.98 Å². The Balaban J connectivity index is 1.54. The van der Waals surface area contributed by atoms with E-state index in [1.54, 1.807) is 31.2 Å². The van der Waals surface area contributed by atoms with E-state index < -0.39 is 23.5 Å². The van der Waals surface area contributed by atoms with E-state index in [-0.39, 0.29) is 5.57 Å². The molecule has 8 heteroatoms. The first kappa shape index (κ1) is 24.2. The largest absolute Gasteiger partial charge is 0.503 e. The van der Waals surface area contributed by atoms with Crippen molar-refractivity contribution in [3.05, 3.63) is 117 Å². The number of carbonyl (C=O) groups excluding carboxylic acids is 2. The van der Waals surface area contributed by atoms with Gasteiger partial charge in [-0.05, 0) is 44.2 Å². The molecular formula is C30H22ClN3O3S. The number of Topliss-reactive ketones (excluding diaryl/α,β-unsaturated/α-hetero) is 1. The summed E-state index contributed by atoms with van der Waals surface area (Å²) in [5, 5.41) is 13.3. The molecule has 1 unspecified atom stereocenters. The monoisotopic (exact) mass is 539 g/mol. The quantitative estimate of drug-likeness (QED) is 0.229. The zero-order valence-electron chi connectivity index (χ0n) is 20.5. The number of H-pyrrole nitrogens is 1. The zero-order chi connectivity index (χ0) is 26.6. The molecule has 0 spiro atoms. The fourth-order valence-corrected chi connectivity index (χ4v) is 6.21. The zero-order valence-corrected chi connectivity index (χ0v) is 22.1. The number of fused-ring (bicyclic) bond motifs is 1. The molecule has 1 atom stereocenters. The van der Waals surface area contributed by atoms with Gasteiger partial charge in [0.15, 0.2) is 5.76 Å². The molecule has 1 aliphatic rings. The fraction of sp³-hybridized carbons (Fsp3) is 0.100. The summed E-state index contributed by atoms with van der Waals surface area (Å²) < 4.78 is 0. The molecule has 2 aromatic heterocycles. The van der Waals surface area contributed by atoms with E-state index in [2.05, 4.69) is 9.97 Å². The van der Waals surface area contributed by atoms with Gasteiger partial charge in [0.25, 0.3) is 5.91 Å². The Morgan fingerprint density at radius 2 is 1.68 bits per heavy atom. The van der Waals surface area contributed by atoms with Crippen molar-refractivity contribution in [1.82, 2.24) is 9.97 Å². The molecule has 0 radical (unpaired) electrons. The average Bonchev–Trinajstić information content (AvgIpc) is 3.55. The number of aryl methyl sites for hydroxylation is 2. The Kier molecular flexibility index (Phi) is 5.90. The molecule has 38 heavy (non-hydrogen) atoms. The Bertz CT molecular complexity index is 1750. The van der Waals surface area contributed by atoms with Gasteiger partial charge in [0.05, 0.1) is 22.2 Å². The molecule has 0 aliphatic carbocycles. The lowest BCUT2D eigenvalue weighted by Crippen LogP contribution is -2.31. The summed E-state index contributed by atoms with van der Waals surface area (Å²) >= 11 is 7.38. The van der Waals surface area contributed by atoms with E-state index in [0.717, 1.165) is 27.7 Å². The first-order valence-electron chi connectivity index (χ1n) is 12.0. The number of aliphatic hydroxyl groups excluding tert-OH is 1. The molecule has 3 heterocycles. The van der Waals surface area contributed by atoms with Crippen molar-refractivity contribution < 1.29 is 14.7 Å². The van der Waals surface area contributed by atoms with Gasteiger partial charge < -0.3 is 10.1 Å². The van der Waals surface area contributed by atoms with E-state index in [1.165, 1.54) is 16.2 Å². The molecule has 2 N–H and O–H groups in total. The highest BCUT2D eigenvalue weighted by Crippen LogP contribution is 2.46. The maximum atomic E-state index is 14.2. The number of anilines is 1. The highest BCUT2D eigenvalue weighted by atomic mass is 35.5. The Labute approximate surface area is 227 Å². The van der Waals surface area contributed by atoms with E-state index in [9.17, 15) is 14.7 Å². The number of hydrogen-bond donors (Lipinski definition) is 2. The van der Waals surface area contributed by atoms with Crippen LogP contribution in [0.5, 0.6) is 0 Å². The topological polar surface area (TPSA) is 86.3 Å². The minimum absolute atomic E-state index is 0.0316. The van der Waals surface area contributed by atoms with Crippen LogP contribution >= 0.6 is 22.9 Å². The molecule has 1 aliphatic heterocycles. The maximum Gasteiger partial charge on any atom is 0.294 e. The van der Waals surface area contributed by atoms with Crippen LogP contribution in [0, 0.1) is 13.8 Å². The van der Waals surface area contributed by atoms with Crippen LogP contribution in [0.25, 0.3) is 21.5 Å². The van der Waals surface area contributed by atoms with Crippen molar-refractivity contribution in [3.63, 3.8) is 0 Å². The third kappa shape index (κ3) is 3.83. The summed E-state index contributed by atoms with van der Waals surface area (Å²) in [5.41, 5.74) is 4.43. The molecule has 0 saturated heterocycles. The summed E-state index contributed by atoms with van der Waals surface area (Å²) in [6, 6.07) is 23.3. The van der Waals surface area contributed by atoms with E-state index in [0.29, 0.717) is 26.3 Å². The van der Waals surface area contributed by atoms with Crippen LogP contribution in [0.4, 0.5) is 5.69 Å². The standard InChI is InChI=1S/C30H22ClN3O3S/c1-16-23(21-10-6-7-11-22(21)32-16)25-24(27(36)30(37)34(25)20-14-12-19(31)13-15-20)26(35)28-17(2)33-29(38-28)18-8-4-3-5-9-18/h3-15,25,32,36H,1-2H3. The number of para-hydroxylation sites is 1. The number of halogens is 1. The van der Waals surface area contributed by atoms with E-state index in [1.807, 2.05) is 61.5 Å². The maximum absolute atomic E-state index is 14.2. The van der Waals surface area contributed by atoms with Crippen molar-refractivity contribution in [2.75, 3.05) is 4.90 Å². The highest BCUT2D eigenvalue weighted by Gasteiger charge is 2.46. The molecule has 6 rings (SSSR count). The molecule has 6 nitrogen and oxygen atoms in total. The summed E-state index contributed by atoms with van der Waals surface area (Å²) in [6.45, 7) is 3.68. The van der Waals surface area contributed by atoms with Gasteiger partial charge in [-0.1, -0.05) is 60.1 Å². The van der Waals surface area contributed by atoms with Crippen LogP contribution in [-0.4, -0.2) is 26.8 Å². The van der Waals surface area contributed by atoms with Gasteiger partial charge in [0, 0.05) is 38.4 Å². The van der Waals surface area contributed by atoms with Crippen LogP contribution in [0.15, 0.2) is 90.2 Å². The number of aromatic amines is 1. The minimum atomic E-state index is -0.853. The van der Waals surface area contributed by atoms with E-state index >= 15 is 0 Å². The normalized spacial score (nSPS) is 15.6. The predicted molar refractivity (Wildman–Crippen MR) is 151 cm³/mol. The Morgan fingerprint density at radius 1 is 1.00 bits per heavy atom. The Morgan fingerprint density at radius 3 is 2.42 bits per heavy atom. The van der Waals surface area contributed by atoms with Gasteiger partial charge >= 0.3 is 0 Å². The predicted octanol–water partition coefficient (Wildman–Crippen LogP) is 7.34. The third-order valence-corrected chi connectivity index (χ3v) is 8.26. The second-order valence-corrected chi connectivity index (χ2v) is 10.6. The SMILES string of the molecule is Cc1nc(-c2ccccc2)sc1C(=O)C1=C(O)C(=O)N(c2ccc(Cl)cc2)C1c1c(C)[nH]c2ccccc12. The first-order valence-corrected chi connectivity index (χ1v) is 13.2. The number of ketones is 1. The van der Waals surface area contributed by atoms with Crippen molar-refractivity contribution in [2.45, 2.75) is 19.9 Å². The molecule has 1 amide bonds. The lowest BCUT2D eigenvalue weighted by molar-refractivity contribution is -0.117. The van der Waals surface area contributed by atoms with Crippen LogP contribution in [0.3, 0.4) is 0 Å². The Hall–Kier alpha value is -4.20. The summed E-state index contributed by atoms with van der Waals surface area (Å²) in [5.74, 6) is -1.62. The second kappa shape index (κ2) is 9.28. The molecular weight excluding hydrogens is 518 g/mol. The molecule has 0 bridgehead atoms. The second-order valence-electron chi connectivity index (χ2n) is 9.15. The number of rotatable bonds is 5. The lowest BCUT2D eigenvalue weighted by Gasteiger charge is -2.27. The molecule has 5 aromatic rings. The number of thiazole rings is 1. The van der Waals surface area contributed by atoms with Gasteiger partial charge in [-0.2, -0.15) is 0 Å². The molecule has 3 aromatic carbocycles. The van der Waals surface area contributed by atoms with Gasteiger partial charge in [-0.3, -0.25) is 14.5 Å². The van der Waals surface area contributed by atoms with E-state index in [4.69, 9.17) is 11.6 Å². The first-order chi connectivity index (χ1) is 18.3. The average molecular weight is 540 g/mol. The van der Waals surface area contributed by atoms with Gasteiger partial charge in [-0.15, -0.1) is 11.3 Å². The number of nitrogens with one attached hydrogen (secondary N) is 1. The smallest absolute Gasteiger partial charge is 0.294 e. The van der Waals surface area contributed by atoms with Crippen LogP contribution in [0.2, 0.25) is 5.02 Å². The van der Waals surface area contributed by atoms with Crippen molar-refractivity contribution >= 4 is 51.2 Å². The minimum Gasteiger partial charge on any atom is -0.503 e. The number of benzene rings is 3. The fourth-order valence-electron chi connectivity index (χ4n) is 5.06. The van der Waals surface area contributed by atoms with Crippen LogP contribution < -0.4 is 4.90 Å². The lowest BCUT2D eigenvalue weighted by atomic mass is 9.92. The number of aliphatic hydroxyl groups is 1. The van der Waals surface area contributed by atoms with Gasteiger partial charge in [0.1, 0.15) is 5.01 Å². The molecule has 188 valence electrons. The summed E-state index contributed by atoms with van der Waals surface area (Å²) in [7, 11) is 0. The van der Waals surface area contributed by atoms with Crippen molar-refractivity contribution in [3.8, 4) is 10.6 Å². The number of hydrogen-bond acceptors (Lipinski definition) is 5. The van der Waals surface area contributed by atoms with Crippen LogP contribution in [0.1, 0.15) is 32.7 Å². The number of nitrogens with zero attached hydrogens (tertiary/aromatic N) is 2. The summed E-state index contributed by atoms with van der Waals surface area (Å²) in [4.78, 5) is 37.7. The molecule has 0 saturated carbocycles. The number of amides is 1. The van der Waals surface area contributed by atoms with Crippen molar-refractivity contribution in [1.29, 1.82) is 0 Å². The van der Waals surface area contributed by atoms with Crippen molar-refractivity contribution in [2.24, 2.45) is 0 Å². The number of carbonyl (C=O) groups is 2. The third-order valence-electron chi connectivity index (χ3n) is 6.80. The molecule has 0 fully saturated rings.